The second-order valence-corrected chi connectivity index (χ2v) is 12.4. The average molecular weight is 381 g/mol. The molecule has 23 heavy (non-hydrogen) atoms. The van der Waals surface area contributed by atoms with Crippen molar-refractivity contribution in [2.24, 2.45) is 0 Å². The predicted octanol–water partition coefficient (Wildman–Crippen LogP) is 1.95. The Hall–Kier alpha value is -0.480. The zero-order chi connectivity index (χ0) is 17.8. The number of rotatable bonds is 3. The smallest absolute Gasteiger partial charge is 0.252 e. The van der Waals surface area contributed by atoms with E-state index >= 15 is 0 Å². The summed E-state index contributed by atoms with van der Waals surface area (Å²) in [5.41, 5.74) is 0.441. The van der Waals surface area contributed by atoms with E-state index in [0.29, 0.717) is 12.1 Å². The lowest BCUT2D eigenvalue weighted by molar-refractivity contribution is 0.0749. The molecule has 6 nitrogen and oxygen atoms in total. The van der Waals surface area contributed by atoms with Crippen molar-refractivity contribution >= 4 is 31.2 Å². The molecule has 0 fully saturated rings. The van der Waals surface area contributed by atoms with Gasteiger partial charge in [-0.2, -0.15) is 4.31 Å². The van der Waals surface area contributed by atoms with Crippen molar-refractivity contribution < 1.29 is 16.8 Å². The molecule has 2 rings (SSSR count). The van der Waals surface area contributed by atoms with Gasteiger partial charge in [0, 0.05) is 31.0 Å². The fourth-order valence-corrected chi connectivity index (χ4v) is 7.21. The maximum atomic E-state index is 12.6. The molecule has 0 radical (unpaired) electrons. The summed E-state index contributed by atoms with van der Waals surface area (Å²) in [6, 6.07) is 1.38. The maximum absolute atomic E-state index is 12.6. The number of thiophene rings is 1. The summed E-state index contributed by atoms with van der Waals surface area (Å²) in [7, 11) is -5.52. The first-order valence-electron chi connectivity index (χ1n) is 7.37. The summed E-state index contributed by atoms with van der Waals surface area (Å²) in [6.07, 6.45) is 1.11. The van der Waals surface area contributed by atoms with E-state index in [1.807, 2.05) is 6.92 Å². The van der Waals surface area contributed by atoms with Crippen molar-refractivity contribution in [3.8, 4) is 0 Å². The van der Waals surface area contributed by atoms with Crippen molar-refractivity contribution in [2.75, 3.05) is 26.4 Å². The minimum absolute atomic E-state index is 0.108. The standard InChI is InChI=1S/C14H24N2O4S3/c1-7-16(14(2,3)4)11-9-15(5)23(19,20)13-10(11)8-12(21-13)22(6,17)18/h8,11H,7,9H2,1-6H3/t11-/m0/s1. The molecule has 1 aliphatic rings. The molecule has 0 aliphatic carbocycles. The normalized spacial score (nSPS) is 22.3. The summed E-state index contributed by atoms with van der Waals surface area (Å²) >= 11 is 0.851. The molecule has 1 aliphatic heterocycles. The summed E-state index contributed by atoms with van der Waals surface area (Å²) in [5.74, 6) is 0. The van der Waals surface area contributed by atoms with Crippen molar-refractivity contribution in [1.82, 2.24) is 9.21 Å². The molecule has 1 aromatic heterocycles. The van der Waals surface area contributed by atoms with E-state index in [1.54, 1.807) is 13.1 Å². The number of nitrogens with zero attached hydrogens (tertiary/aromatic N) is 2. The molecule has 0 spiro atoms. The van der Waals surface area contributed by atoms with Crippen LogP contribution in [0.15, 0.2) is 14.5 Å². The van der Waals surface area contributed by atoms with Crippen LogP contribution in [-0.4, -0.2) is 58.0 Å². The Balaban J connectivity index is 2.70. The molecule has 9 heteroatoms. The number of likely N-dealkylation sites (N-methyl/N-ethyl adjacent to an activating group) is 2. The van der Waals surface area contributed by atoms with Gasteiger partial charge in [0.1, 0.15) is 8.42 Å². The predicted molar refractivity (Wildman–Crippen MR) is 92.1 cm³/mol. The second-order valence-electron chi connectivity index (χ2n) is 6.84. The summed E-state index contributed by atoms with van der Waals surface area (Å²) in [6.45, 7) is 9.30. The number of sulfonamides is 1. The Kier molecular flexibility index (Phi) is 4.76. The SMILES string of the molecule is CCN([C@H]1CN(C)S(=O)(=O)c2sc(S(C)(=O)=O)cc21)C(C)(C)C. The lowest BCUT2D eigenvalue weighted by Gasteiger charge is -2.44. The second kappa shape index (κ2) is 5.80. The van der Waals surface area contributed by atoms with E-state index in [9.17, 15) is 16.8 Å². The van der Waals surface area contributed by atoms with Gasteiger partial charge < -0.3 is 0 Å². The molecule has 1 atom stereocenters. The minimum Gasteiger partial charge on any atom is -0.290 e. The van der Waals surface area contributed by atoms with E-state index in [0.717, 1.165) is 24.1 Å². The van der Waals surface area contributed by atoms with Gasteiger partial charge >= 0.3 is 0 Å². The maximum Gasteiger partial charge on any atom is 0.252 e. The summed E-state index contributed by atoms with van der Waals surface area (Å²) in [5, 5.41) is 0. The molecule has 0 aromatic carbocycles. The van der Waals surface area contributed by atoms with E-state index < -0.39 is 19.9 Å². The number of hydrogen-bond donors (Lipinski definition) is 0. The van der Waals surface area contributed by atoms with Gasteiger partial charge in [-0.25, -0.2) is 16.8 Å². The van der Waals surface area contributed by atoms with Gasteiger partial charge in [0.15, 0.2) is 9.84 Å². The third kappa shape index (κ3) is 3.34. The van der Waals surface area contributed by atoms with Crippen LogP contribution in [0.4, 0.5) is 0 Å². The molecular formula is C14H24N2O4S3. The lowest BCUT2D eigenvalue weighted by Crippen LogP contribution is -2.50. The lowest BCUT2D eigenvalue weighted by atomic mass is 9.99. The Bertz CT molecular complexity index is 804. The van der Waals surface area contributed by atoms with Gasteiger partial charge in [-0.1, -0.05) is 6.92 Å². The highest BCUT2D eigenvalue weighted by Gasteiger charge is 2.42. The van der Waals surface area contributed by atoms with Gasteiger partial charge in [0.05, 0.1) is 6.04 Å². The molecule has 2 heterocycles. The van der Waals surface area contributed by atoms with Crippen LogP contribution in [0.5, 0.6) is 0 Å². The molecular weight excluding hydrogens is 356 g/mol. The Morgan fingerprint density at radius 3 is 2.39 bits per heavy atom. The number of fused-ring (bicyclic) bond motifs is 1. The molecule has 0 saturated carbocycles. The van der Waals surface area contributed by atoms with Crippen molar-refractivity contribution in [3.63, 3.8) is 0 Å². The number of hydrogen-bond acceptors (Lipinski definition) is 6. The highest BCUT2D eigenvalue weighted by Crippen LogP contribution is 2.43. The van der Waals surface area contributed by atoms with Crippen molar-refractivity contribution in [1.29, 1.82) is 0 Å². The Morgan fingerprint density at radius 2 is 1.96 bits per heavy atom. The van der Waals surface area contributed by atoms with Crippen LogP contribution >= 0.6 is 11.3 Å². The van der Waals surface area contributed by atoms with E-state index in [2.05, 4.69) is 25.7 Å². The van der Waals surface area contributed by atoms with E-state index in [-0.39, 0.29) is 20.0 Å². The van der Waals surface area contributed by atoms with Crippen LogP contribution in [0, 0.1) is 0 Å². The third-order valence-electron chi connectivity index (χ3n) is 4.08. The fourth-order valence-electron chi connectivity index (χ4n) is 2.99. The minimum atomic E-state index is -3.62. The van der Waals surface area contributed by atoms with Gasteiger partial charge in [0.2, 0.25) is 0 Å². The fraction of sp³-hybridized carbons (Fsp3) is 0.714. The average Bonchev–Trinajstić information content (AvgIpc) is 2.80. The first kappa shape index (κ1) is 18.9. The summed E-state index contributed by atoms with van der Waals surface area (Å²) in [4.78, 5) is 2.20. The van der Waals surface area contributed by atoms with E-state index in [1.165, 1.54) is 4.31 Å². The molecule has 0 unspecified atom stereocenters. The van der Waals surface area contributed by atoms with E-state index in [4.69, 9.17) is 0 Å². The van der Waals surface area contributed by atoms with Crippen LogP contribution in [-0.2, 0) is 19.9 Å². The topological polar surface area (TPSA) is 74.8 Å². The van der Waals surface area contributed by atoms with Gasteiger partial charge in [-0.3, -0.25) is 4.90 Å². The summed E-state index contributed by atoms with van der Waals surface area (Å²) < 4.78 is 50.5. The van der Waals surface area contributed by atoms with Crippen LogP contribution in [0.3, 0.4) is 0 Å². The Morgan fingerprint density at radius 1 is 1.39 bits per heavy atom. The molecule has 0 amide bonds. The molecule has 0 N–H and O–H groups in total. The molecule has 132 valence electrons. The molecule has 1 aromatic rings. The quantitative estimate of drug-likeness (QED) is 0.801. The first-order valence-corrected chi connectivity index (χ1v) is 11.5. The third-order valence-corrected chi connectivity index (χ3v) is 9.38. The largest absolute Gasteiger partial charge is 0.290 e. The monoisotopic (exact) mass is 380 g/mol. The van der Waals surface area contributed by atoms with Gasteiger partial charge in [-0.15, -0.1) is 11.3 Å². The highest BCUT2D eigenvalue weighted by molar-refractivity contribution is 7.94. The zero-order valence-corrected chi connectivity index (χ0v) is 16.8. The van der Waals surface area contributed by atoms with Crippen molar-refractivity contribution in [3.05, 3.63) is 11.6 Å². The number of sulfone groups is 1. The zero-order valence-electron chi connectivity index (χ0n) is 14.3. The molecule has 0 bridgehead atoms. The highest BCUT2D eigenvalue weighted by atomic mass is 32.3. The Labute approximate surface area is 143 Å². The van der Waals surface area contributed by atoms with Crippen LogP contribution in [0.2, 0.25) is 0 Å². The van der Waals surface area contributed by atoms with Crippen LogP contribution in [0.1, 0.15) is 39.3 Å². The van der Waals surface area contributed by atoms with Crippen molar-refractivity contribution in [2.45, 2.75) is 47.7 Å². The molecule has 0 saturated heterocycles. The first-order chi connectivity index (χ1) is 10.3. The van der Waals surface area contributed by atoms with Crippen LogP contribution < -0.4 is 0 Å². The van der Waals surface area contributed by atoms with Gasteiger partial charge in [-0.05, 0) is 33.4 Å². The van der Waals surface area contributed by atoms with Gasteiger partial charge in [0.25, 0.3) is 10.0 Å². The van der Waals surface area contributed by atoms with Crippen LogP contribution in [0.25, 0.3) is 0 Å².